The Morgan fingerprint density at radius 1 is 1.05 bits per heavy atom. The van der Waals surface area contributed by atoms with Crippen molar-refractivity contribution in [3.63, 3.8) is 0 Å². The summed E-state index contributed by atoms with van der Waals surface area (Å²) in [5, 5.41) is 9.24. The zero-order valence-electron chi connectivity index (χ0n) is 20.5. The van der Waals surface area contributed by atoms with Gasteiger partial charge in [0.05, 0.1) is 23.1 Å². The number of urea groups is 1. The van der Waals surface area contributed by atoms with Crippen molar-refractivity contribution < 1.29 is 14.4 Å². The number of rotatable bonds is 6. The maximum absolute atomic E-state index is 13.5. The third-order valence-electron chi connectivity index (χ3n) is 7.19. The molecule has 3 N–H and O–H groups in total. The SMILES string of the molecule is C=CC(=O)N[C@@H]1CCC[C@H]1NC(=O)C1Sc2nccc3c2C1NC(=O)N3c1cccc(-c2ccccn2)c1. The molecule has 1 saturated carbocycles. The molecule has 3 aliphatic rings. The van der Waals surface area contributed by atoms with Crippen molar-refractivity contribution in [3.05, 3.63) is 79.1 Å². The molecule has 0 saturated heterocycles. The lowest BCUT2D eigenvalue weighted by Gasteiger charge is -2.34. The summed E-state index contributed by atoms with van der Waals surface area (Å²) < 4.78 is 0. The van der Waals surface area contributed by atoms with E-state index < -0.39 is 11.3 Å². The number of anilines is 2. The largest absolute Gasteiger partial charge is 0.350 e. The number of carbonyl (C=O) groups excluding carboxylic acids is 3. The lowest BCUT2D eigenvalue weighted by molar-refractivity contribution is -0.122. The van der Waals surface area contributed by atoms with E-state index in [4.69, 9.17) is 0 Å². The highest BCUT2D eigenvalue weighted by molar-refractivity contribution is 8.01. The molecule has 192 valence electrons. The molecule has 4 atom stereocenters. The molecule has 38 heavy (non-hydrogen) atoms. The standard InChI is InChI=1S/C28H26N6O3S/c1-2-22(35)31-19-10-6-11-20(19)32-26(36)25-24-23-21(12-14-30-27(23)38-25)34(28(37)33-24)17-8-5-7-16(15-17)18-9-3-4-13-29-18/h2-5,7-9,12-15,19-20,24-25H,1,6,10-11H2,(H,31,35)(H,32,36)(H,33,37)/t19-,20-,24?,25?/m1/s1. The minimum Gasteiger partial charge on any atom is -0.350 e. The van der Waals surface area contributed by atoms with Crippen LogP contribution < -0.4 is 20.9 Å². The van der Waals surface area contributed by atoms with Crippen molar-refractivity contribution in [1.29, 1.82) is 0 Å². The fourth-order valence-electron chi connectivity index (χ4n) is 5.43. The fourth-order valence-corrected chi connectivity index (χ4v) is 6.67. The summed E-state index contributed by atoms with van der Waals surface area (Å²) >= 11 is 1.36. The highest BCUT2D eigenvalue weighted by Gasteiger charge is 2.47. The number of thioether (sulfide) groups is 1. The van der Waals surface area contributed by atoms with Crippen molar-refractivity contribution in [3.8, 4) is 11.3 Å². The van der Waals surface area contributed by atoms with E-state index in [-0.39, 0.29) is 29.9 Å². The van der Waals surface area contributed by atoms with E-state index in [1.165, 1.54) is 17.8 Å². The van der Waals surface area contributed by atoms with Gasteiger partial charge in [-0.05, 0) is 55.7 Å². The van der Waals surface area contributed by atoms with Crippen molar-refractivity contribution in [1.82, 2.24) is 25.9 Å². The second-order valence-corrected chi connectivity index (χ2v) is 10.6. The number of carbonyl (C=O) groups is 3. The van der Waals surface area contributed by atoms with Gasteiger partial charge >= 0.3 is 6.03 Å². The van der Waals surface area contributed by atoms with E-state index >= 15 is 0 Å². The second kappa shape index (κ2) is 9.94. The van der Waals surface area contributed by atoms with Crippen LogP contribution >= 0.6 is 11.8 Å². The van der Waals surface area contributed by atoms with Crippen LogP contribution in [0, 0.1) is 0 Å². The van der Waals surface area contributed by atoms with Crippen molar-refractivity contribution in [2.75, 3.05) is 4.90 Å². The molecule has 4 amide bonds. The van der Waals surface area contributed by atoms with Crippen LogP contribution in [0.5, 0.6) is 0 Å². The molecule has 10 heteroatoms. The highest BCUT2D eigenvalue weighted by Crippen LogP contribution is 2.50. The minimum atomic E-state index is -0.569. The average Bonchev–Trinajstić information content (AvgIpc) is 3.54. The van der Waals surface area contributed by atoms with Gasteiger partial charge in [-0.15, -0.1) is 0 Å². The number of nitrogens with zero attached hydrogens (tertiary/aromatic N) is 3. The summed E-state index contributed by atoms with van der Waals surface area (Å²) in [6.45, 7) is 3.51. The Hall–Kier alpha value is -4.18. The van der Waals surface area contributed by atoms with Crippen LogP contribution in [0.25, 0.3) is 11.3 Å². The fraction of sp³-hybridized carbons (Fsp3) is 0.250. The van der Waals surface area contributed by atoms with Crippen molar-refractivity contribution in [2.24, 2.45) is 0 Å². The van der Waals surface area contributed by atoms with Crippen molar-refractivity contribution >= 4 is 41.0 Å². The number of nitrogens with one attached hydrogen (secondary N) is 3. The smallest absolute Gasteiger partial charge is 0.327 e. The van der Waals surface area contributed by atoms with E-state index in [0.717, 1.165) is 41.1 Å². The number of pyridine rings is 2. The Morgan fingerprint density at radius 2 is 1.89 bits per heavy atom. The Morgan fingerprint density at radius 3 is 2.68 bits per heavy atom. The van der Waals surface area contributed by atoms with Gasteiger partial charge in [0.25, 0.3) is 0 Å². The zero-order valence-corrected chi connectivity index (χ0v) is 21.3. The van der Waals surface area contributed by atoms with Crippen LogP contribution in [0.2, 0.25) is 0 Å². The molecule has 4 heterocycles. The first kappa shape index (κ1) is 24.2. The Bertz CT molecular complexity index is 1430. The molecule has 1 fully saturated rings. The number of amides is 4. The topological polar surface area (TPSA) is 116 Å². The van der Waals surface area contributed by atoms with Gasteiger partial charge in [-0.1, -0.05) is 36.5 Å². The predicted octanol–water partition coefficient (Wildman–Crippen LogP) is 3.86. The first-order valence-corrected chi connectivity index (χ1v) is 13.4. The molecule has 0 radical (unpaired) electrons. The first-order valence-electron chi connectivity index (χ1n) is 12.5. The molecule has 9 nitrogen and oxygen atoms in total. The molecule has 2 aliphatic heterocycles. The number of hydrogen-bond acceptors (Lipinski definition) is 6. The van der Waals surface area contributed by atoms with Gasteiger partial charge in [0.15, 0.2) is 0 Å². The Kier molecular flexibility index (Phi) is 6.32. The highest BCUT2D eigenvalue weighted by atomic mass is 32.2. The summed E-state index contributed by atoms with van der Waals surface area (Å²) in [5.74, 6) is -0.431. The lowest BCUT2D eigenvalue weighted by atomic mass is 9.99. The van der Waals surface area contributed by atoms with Crippen LogP contribution in [-0.4, -0.2) is 45.1 Å². The molecule has 0 spiro atoms. The minimum absolute atomic E-state index is 0.144. The van der Waals surface area contributed by atoms with E-state index in [1.54, 1.807) is 17.3 Å². The van der Waals surface area contributed by atoms with Crippen molar-refractivity contribution in [2.45, 2.75) is 47.7 Å². The van der Waals surface area contributed by atoms with E-state index in [0.29, 0.717) is 11.4 Å². The summed E-state index contributed by atoms with van der Waals surface area (Å²) in [7, 11) is 0. The molecular weight excluding hydrogens is 500 g/mol. The molecule has 1 aliphatic carbocycles. The average molecular weight is 527 g/mol. The Labute approximate surface area is 224 Å². The van der Waals surface area contributed by atoms with Gasteiger partial charge in [-0.3, -0.25) is 19.5 Å². The van der Waals surface area contributed by atoms with Crippen LogP contribution in [-0.2, 0) is 9.59 Å². The third-order valence-corrected chi connectivity index (χ3v) is 8.47. The predicted molar refractivity (Wildman–Crippen MR) is 145 cm³/mol. The maximum atomic E-state index is 13.5. The van der Waals surface area contributed by atoms with E-state index in [1.807, 2.05) is 48.5 Å². The summed E-state index contributed by atoms with van der Waals surface area (Å²) in [6, 6.07) is 14.0. The summed E-state index contributed by atoms with van der Waals surface area (Å²) in [5.41, 5.74) is 3.95. The van der Waals surface area contributed by atoms with Gasteiger partial charge in [-0.2, -0.15) is 0 Å². The lowest BCUT2D eigenvalue weighted by Crippen LogP contribution is -2.53. The van der Waals surface area contributed by atoms with Gasteiger partial charge in [0.2, 0.25) is 11.8 Å². The molecular formula is C28H26N6O3S. The zero-order chi connectivity index (χ0) is 26.2. The first-order chi connectivity index (χ1) is 18.5. The molecule has 2 unspecified atom stereocenters. The van der Waals surface area contributed by atoms with Gasteiger partial charge in [0, 0.05) is 35.6 Å². The number of aromatic nitrogens is 2. The van der Waals surface area contributed by atoms with Crippen LogP contribution in [0.4, 0.5) is 16.2 Å². The van der Waals surface area contributed by atoms with E-state index in [2.05, 4.69) is 32.5 Å². The molecule has 1 aromatic carbocycles. The normalized spacial score (nSPS) is 23.4. The van der Waals surface area contributed by atoms with Crippen LogP contribution in [0.3, 0.4) is 0 Å². The third kappa shape index (κ3) is 4.30. The summed E-state index contributed by atoms with van der Waals surface area (Å²) in [6.07, 6.45) is 7.12. The van der Waals surface area contributed by atoms with Crippen LogP contribution in [0.1, 0.15) is 30.9 Å². The number of hydrogen-bond donors (Lipinski definition) is 3. The maximum Gasteiger partial charge on any atom is 0.327 e. The molecule has 6 rings (SSSR count). The van der Waals surface area contributed by atoms with E-state index in [9.17, 15) is 14.4 Å². The molecule has 0 bridgehead atoms. The van der Waals surface area contributed by atoms with Crippen LogP contribution in [0.15, 0.2) is 78.6 Å². The summed E-state index contributed by atoms with van der Waals surface area (Å²) in [4.78, 5) is 49.4. The second-order valence-electron chi connectivity index (χ2n) is 9.48. The van der Waals surface area contributed by atoms with Gasteiger partial charge in [-0.25, -0.2) is 9.78 Å². The monoisotopic (exact) mass is 526 g/mol. The number of benzene rings is 1. The molecule has 3 aromatic rings. The van der Waals surface area contributed by atoms with Gasteiger partial charge < -0.3 is 16.0 Å². The van der Waals surface area contributed by atoms with Gasteiger partial charge in [0.1, 0.15) is 10.3 Å². The molecule has 2 aromatic heterocycles. The quantitative estimate of drug-likeness (QED) is 0.420. The Balaban J connectivity index is 1.27.